The van der Waals surface area contributed by atoms with Crippen molar-refractivity contribution in [1.82, 2.24) is 24.5 Å². The second-order valence-corrected chi connectivity index (χ2v) is 9.91. The third-order valence-corrected chi connectivity index (χ3v) is 7.08. The summed E-state index contributed by atoms with van der Waals surface area (Å²) in [7, 11) is 0. The Bertz CT molecular complexity index is 1950. The Kier molecular flexibility index (Phi) is 7.62. The van der Waals surface area contributed by atoms with E-state index >= 15 is 13.2 Å². The number of pyridine rings is 1. The molecule has 0 spiro atoms. The number of hydrogen-bond donors (Lipinski definition) is 1. The number of aromatic carboxylic acids is 1. The first-order valence-corrected chi connectivity index (χ1v) is 13.2. The molecule has 222 valence electrons. The maximum Gasteiger partial charge on any atom is 0.338 e. The Hall–Kier alpha value is -5.42. The Morgan fingerprint density at radius 3 is 2.57 bits per heavy atom. The van der Waals surface area contributed by atoms with Gasteiger partial charge in [-0.15, -0.1) is 0 Å². The van der Waals surface area contributed by atoms with Crippen LogP contribution in [0.1, 0.15) is 39.4 Å². The number of carboxylic acid groups (broad SMARTS) is 1. The number of imidazole rings is 1. The molecule has 5 aromatic rings. The van der Waals surface area contributed by atoms with E-state index in [1.807, 2.05) is 6.07 Å². The molecular formula is C30H20F4N6O4. The largest absolute Gasteiger partial charge is 0.478 e. The topological polar surface area (TPSA) is 136 Å². The van der Waals surface area contributed by atoms with Crippen molar-refractivity contribution in [2.45, 2.75) is 32.1 Å². The minimum atomic E-state index is -1.45. The summed E-state index contributed by atoms with van der Waals surface area (Å²) in [6.45, 7) is 0.440. The van der Waals surface area contributed by atoms with Crippen LogP contribution >= 0.6 is 0 Å². The molecular weight excluding hydrogens is 584 g/mol. The number of carboxylic acids is 1. The Morgan fingerprint density at radius 1 is 1.07 bits per heavy atom. The van der Waals surface area contributed by atoms with Gasteiger partial charge in [0.2, 0.25) is 5.82 Å². The number of halogens is 4. The highest BCUT2D eigenvalue weighted by molar-refractivity contribution is 5.93. The van der Waals surface area contributed by atoms with Gasteiger partial charge in [-0.3, -0.25) is 4.98 Å². The van der Waals surface area contributed by atoms with Gasteiger partial charge in [-0.1, -0.05) is 0 Å². The SMILES string of the molecule is N#Cc1ccc(COc2nc(-c3cc(F)c(Cc4nc5ccc(C(=O)O)c(F)c5n4CC4CCO4)cc3F)ncc2F)nc1. The van der Waals surface area contributed by atoms with Gasteiger partial charge in [-0.25, -0.2) is 27.9 Å². The van der Waals surface area contributed by atoms with Crippen molar-refractivity contribution in [1.29, 1.82) is 5.26 Å². The average Bonchev–Trinajstić information content (AvgIpc) is 3.34. The number of nitrogens with zero attached hydrogens (tertiary/aromatic N) is 6. The molecule has 1 unspecified atom stereocenters. The van der Waals surface area contributed by atoms with Crippen molar-refractivity contribution in [2.75, 3.05) is 6.61 Å². The summed E-state index contributed by atoms with van der Waals surface area (Å²) in [6, 6.07) is 9.17. The lowest BCUT2D eigenvalue weighted by Crippen LogP contribution is -2.32. The number of carbonyl (C=O) groups is 1. The van der Waals surface area contributed by atoms with Gasteiger partial charge in [0.05, 0.1) is 46.7 Å². The number of benzene rings is 2. The molecule has 14 heteroatoms. The molecule has 1 saturated heterocycles. The number of nitriles is 1. The van der Waals surface area contributed by atoms with Crippen LogP contribution in [0.5, 0.6) is 5.88 Å². The lowest BCUT2D eigenvalue weighted by molar-refractivity contribution is -0.0590. The van der Waals surface area contributed by atoms with Crippen LogP contribution < -0.4 is 4.74 Å². The molecule has 0 radical (unpaired) electrons. The van der Waals surface area contributed by atoms with E-state index in [9.17, 15) is 14.3 Å². The quantitative estimate of drug-likeness (QED) is 0.231. The minimum absolute atomic E-state index is 0.0728. The smallest absolute Gasteiger partial charge is 0.338 e. The van der Waals surface area contributed by atoms with E-state index in [2.05, 4.69) is 19.9 Å². The van der Waals surface area contributed by atoms with Crippen LogP contribution in [0, 0.1) is 34.6 Å². The third kappa shape index (κ3) is 5.52. The van der Waals surface area contributed by atoms with E-state index in [0.29, 0.717) is 24.3 Å². The molecule has 1 aliphatic heterocycles. The highest BCUT2D eigenvalue weighted by Gasteiger charge is 2.26. The fourth-order valence-corrected chi connectivity index (χ4v) is 4.72. The fraction of sp³-hybridized carbons (Fsp3) is 0.200. The number of ether oxygens (including phenoxy) is 2. The molecule has 1 atom stereocenters. The molecule has 1 N–H and O–H groups in total. The summed E-state index contributed by atoms with van der Waals surface area (Å²) >= 11 is 0. The molecule has 0 bridgehead atoms. The molecule has 10 nitrogen and oxygen atoms in total. The van der Waals surface area contributed by atoms with E-state index in [0.717, 1.165) is 24.4 Å². The maximum absolute atomic E-state index is 15.4. The molecule has 2 aromatic carbocycles. The van der Waals surface area contributed by atoms with Crippen LogP contribution in [-0.4, -0.2) is 48.3 Å². The van der Waals surface area contributed by atoms with Gasteiger partial charge in [0, 0.05) is 19.2 Å². The lowest BCUT2D eigenvalue weighted by Gasteiger charge is -2.27. The van der Waals surface area contributed by atoms with Crippen LogP contribution in [0.15, 0.2) is 48.8 Å². The van der Waals surface area contributed by atoms with E-state index in [4.69, 9.17) is 14.7 Å². The Labute approximate surface area is 246 Å². The van der Waals surface area contributed by atoms with Crippen LogP contribution in [0.4, 0.5) is 17.6 Å². The minimum Gasteiger partial charge on any atom is -0.478 e. The second-order valence-electron chi connectivity index (χ2n) is 9.91. The third-order valence-electron chi connectivity index (χ3n) is 7.08. The first-order valence-electron chi connectivity index (χ1n) is 13.2. The van der Waals surface area contributed by atoms with Crippen molar-refractivity contribution in [3.8, 4) is 23.3 Å². The maximum atomic E-state index is 15.4. The number of rotatable bonds is 9. The summed E-state index contributed by atoms with van der Waals surface area (Å²) < 4.78 is 72.7. The Balaban J connectivity index is 1.30. The highest BCUT2D eigenvalue weighted by atomic mass is 19.1. The molecule has 0 amide bonds. The van der Waals surface area contributed by atoms with Gasteiger partial charge in [0.25, 0.3) is 5.88 Å². The van der Waals surface area contributed by atoms with Gasteiger partial charge in [-0.05, 0) is 48.4 Å². The fourth-order valence-electron chi connectivity index (χ4n) is 4.72. The van der Waals surface area contributed by atoms with Gasteiger partial charge in [0.15, 0.2) is 11.6 Å². The van der Waals surface area contributed by atoms with E-state index in [1.165, 1.54) is 29.0 Å². The first kappa shape index (κ1) is 28.7. The van der Waals surface area contributed by atoms with Crippen molar-refractivity contribution >= 4 is 17.0 Å². The van der Waals surface area contributed by atoms with Gasteiger partial charge in [0.1, 0.15) is 35.7 Å². The second kappa shape index (κ2) is 11.7. The molecule has 1 fully saturated rings. The molecule has 6 rings (SSSR count). The molecule has 0 aliphatic carbocycles. The van der Waals surface area contributed by atoms with E-state index in [1.54, 1.807) is 0 Å². The van der Waals surface area contributed by atoms with Crippen molar-refractivity contribution < 1.29 is 36.9 Å². The van der Waals surface area contributed by atoms with Crippen LogP contribution in [-0.2, 0) is 24.3 Å². The zero-order valence-electron chi connectivity index (χ0n) is 22.6. The average molecular weight is 605 g/mol. The standard InChI is InChI=1S/C30H20F4N6O4/c31-21-9-20(28-37-12-23(33)29(39-28)44-14-17-2-1-15(10-35)11-36-17)22(32)7-16(21)8-25-38-24-4-3-19(30(41)42)26(34)27(24)40(25)13-18-5-6-43-18/h1-4,7,9,11-12,18H,5-6,8,13-14H2,(H,41,42). The van der Waals surface area contributed by atoms with Gasteiger partial charge >= 0.3 is 5.97 Å². The number of fused-ring (bicyclic) bond motifs is 1. The van der Waals surface area contributed by atoms with Crippen LogP contribution in [0.2, 0.25) is 0 Å². The van der Waals surface area contributed by atoms with Crippen molar-refractivity contribution in [2.24, 2.45) is 0 Å². The van der Waals surface area contributed by atoms with E-state index < -0.39 is 40.7 Å². The lowest BCUT2D eigenvalue weighted by atomic mass is 10.1. The molecule has 3 aromatic heterocycles. The predicted octanol–water partition coefficient (Wildman–Crippen LogP) is 4.97. The van der Waals surface area contributed by atoms with Gasteiger partial charge in [-0.2, -0.15) is 14.6 Å². The molecule has 44 heavy (non-hydrogen) atoms. The monoisotopic (exact) mass is 604 g/mol. The normalized spacial score (nSPS) is 14.3. The summed E-state index contributed by atoms with van der Waals surface area (Å²) in [5.41, 5.74) is -0.243. The van der Waals surface area contributed by atoms with E-state index in [-0.39, 0.29) is 59.5 Å². The van der Waals surface area contributed by atoms with Crippen molar-refractivity contribution in [3.05, 3.63) is 100 Å². The number of hydrogen-bond acceptors (Lipinski definition) is 8. The molecule has 0 saturated carbocycles. The Morgan fingerprint density at radius 2 is 1.89 bits per heavy atom. The van der Waals surface area contributed by atoms with Crippen LogP contribution in [0.3, 0.4) is 0 Å². The predicted molar refractivity (Wildman–Crippen MR) is 144 cm³/mol. The zero-order chi connectivity index (χ0) is 31.0. The molecule has 1 aliphatic rings. The first-order chi connectivity index (χ1) is 21.2. The molecule has 4 heterocycles. The summed E-state index contributed by atoms with van der Waals surface area (Å²) in [5.74, 6) is -5.84. The number of aromatic nitrogens is 5. The van der Waals surface area contributed by atoms with Crippen LogP contribution in [0.25, 0.3) is 22.4 Å². The summed E-state index contributed by atoms with van der Waals surface area (Å²) in [5, 5.41) is 18.3. The van der Waals surface area contributed by atoms with Crippen molar-refractivity contribution in [3.63, 3.8) is 0 Å². The highest BCUT2D eigenvalue weighted by Crippen LogP contribution is 2.30. The summed E-state index contributed by atoms with van der Waals surface area (Å²) in [4.78, 5) is 27.6. The van der Waals surface area contributed by atoms with Gasteiger partial charge < -0.3 is 19.1 Å². The summed E-state index contributed by atoms with van der Waals surface area (Å²) in [6.07, 6.45) is 2.23. The zero-order valence-corrected chi connectivity index (χ0v) is 22.6.